The molecule has 0 N–H and O–H groups in total. The number of nitrogens with zero attached hydrogens (tertiary/aromatic N) is 3. The fourth-order valence-corrected chi connectivity index (χ4v) is 4.72. The zero-order valence-electron chi connectivity index (χ0n) is 13.5. The summed E-state index contributed by atoms with van der Waals surface area (Å²) in [5.41, 5.74) is 3.00. The summed E-state index contributed by atoms with van der Waals surface area (Å²) in [6.07, 6.45) is 3.92. The van der Waals surface area contributed by atoms with Gasteiger partial charge in [0.25, 0.3) is 0 Å². The van der Waals surface area contributed by atoms with Crippen molar-refractivity contribution in [3.63, 3.8) is 0 Å². The molecule has 1 aromatic carbocycles. The number of aromatic nitrogens is 3. The van der Waals surface area contributed by atoms with Gasteiger partial charge in [-0.15, -0.1) is 0 Å². The quantitative estimate of drug-likeness (QED) is 0.670. The Hall–Kier alpha value is -1.66. The van der Waals surface area contributed by atoms with Crippen molar-refractivity contribution < 1.29 is 4.39 Å². The highest BCUT2D eigenvalue weighted by atomic mass is 35.5. The second kappa shape index (κ2) is 5.70. The molecule has 1 aliphatic carbocycles. The van der Waals surface area contributed by atoms with Gasteiger partial charge in [-0.05, 0) is 51.7 Å². The minimum Gasteiger partial charge on any atom is -0.296 e. The highest BCUT2D eigenvalue weighted by Crippen LogP contribution is 2.32. The third-order valence-corrected chi connectivity index (χ3v) is 5.83. The lowest BCUT2D eigenvalue weighted by atomic mass is 9.99. The van der Waals surface area contributed by atoms with Crippen LogP contribution in [0.2, 0.25) is 5.15 Å². The van der Waals surface area contributed by atoms with Gasteiger partial charge in [0.2, 0.25) is 0 Å². The number of hydrogen-bond donors (Lipinski definition) is 0. The lowest BCUT2D eigenvalue weighted by Gasteiger charge is -2.10. The molecule has 126 valence electrons. The summed E-state index contributed by atoms with van der Waals surface area (Å²) in [5, 5.41) is 5.01. The molecule has 0 unspecified atom stereocenters. The molecule has 0 bridgehead atoms. The minimum atomic E-state index is -0.415. The van der Waals surface area contributed by atoms with E-state index in [4.69, 9.17) is 11.6 Å². The van der Waals surface area contributed by atoms with Crippen LogP contribution in [0, 0.1) is 5.82 Å². The Balaban J connectivity index is 1.97. The molecule has 3 aromatic rings. The number of fused-ring (bicyclic) bond motifs is 2. The summed E-state index contributed by atoms with van der Waals surface area (Å²) in [6, 6.07) is 3.10. The van der Waals surface area contributed by atoms with Crippen LogP contribution in [0.1, 0.15) is 44.0 Å². The first-order valence-electron chi connectivity index (χ1n) is 8.08. The van der Waals surface area contributed by atoms with Crippen LogP contribution in [0.5, 0.6) is 0 Å². The van der Waals surface area contributed by atoms with Gasteiger partial charge in [-0.25, -0.2) is 9.07 Å². The molecule has 0 amide bonds. The SMILES string of the molecule is CC(C)n1c(=O)sc2cc(F)c(-n3nc4c(c3Cl)CCCC4)cc21. The summed E-state index contributed by atoms with van der Waals surface area (Å²) >= 11 is 7.54. The summed E-state index contributed by atoms with van der Waals surface area (Å²) in [4.78, 5) is 12.1. The molecule has 0 fully saturated rings. The van der Waals surface area contributed by atoms with E-state index in [9.17, 15) is 9.18 Å². The topological polar surface area (TPSA) is 39.8 Å². The van der Waals surface area contributed by atoms with Gasteiger partial charge in [0.05, 0.1) is 15.9 Å². The Morgan fingerprint density at radius 2 is 2.04 bits per heavy atom. The van der Waals surface area contributed by atoms with Crippen molar-refractivity contribution in [2.24, 2.45) is 0 Å². The van der Waals surface area contributed by atoms with Gasteiger partial charge in [-0.3, -0.25) is 9.36 Å². The van der Waals surface area contributed by atoms with E-state index in [0.717, 1.165) is 53.8 Å². The van der Waals surface area contributed by atoms with Gasteiger partial charge in [0.15, 0.2) is 0 Å². The third kappa shape index (κ3) is 2.31. The number of benzene rings is 1. The Morgan fingerprint density at radius 1 is 1.29 bits per heavy atom. The first-order chi connectivity index (χ1) is 11.5. The summed E-state index contributed by atoms with van der Waals surface area (Å²) in [7, 11) is 0. The molecule has 0 radical (unpaired) electrons. The van der Waals surface area contributed by atoms with Crippen molar-refractivity contribution in [3.8, 4) is 5.69 Å². The first kappa shape index (κ1) is 15.8. The highest BCUT2D eigenvalue weighted by Gasteiger charge is 2.23. The second-order valence-corrected chi connectivity index (χ2v) is 7.79. The van der Waals surface area contributed by atoms with Crippen LogP contribution in [-0.4, -0.2) is 14.3 Å². The molecule has 4 rings (SSSR count). The van der Waals surface area contributed by atoms with Crippen molar-refractivity contribution in [3.05, 3.63) is 44.0 Å². The van der Waals surface area contributed by atoms with Crippen molar-refractivity contribution >= 4 is 33.2 Å². The number of rotatable bonds is 2. The number of halogens is 2. The molecule has 0 saturated carbocycles. The van der Waals surface area contributed by atoms with Crippen LogP contribution < -0.4 is 4.87 Å². The molecule has 2 aromatic heterocycles. The van der Waals surface area contributed by atoms with E-state index in [1.807, 2.05) is 13.8 Å². The number of hydrogen-bond acceptors (Lipinski definition) is 3. The summed E-state index contributed by atoms with van der Waals surface area (Å²) < 4.78 is 18.5. The van der Waals surface area contributed by atoms with E-state index in [1.54, 1.807) is 10.6 Å². The molecule has 7 heteroatoms. The Morgan fingerprint density at radius 3 is 2.75 bits per heavy atom. The van der Waals surface area contributed by atoms with Gasteiger partial charge >= 0.3 is 4.87 Å². The van der Waals surface area contributed by atoms with E-state index in [-0.39, 0.29) is 10.9 Å². The monoisotopic (exact) mass is 365 g/mol. The maximum Gasteiger partial charge on any atom is 0.308 e. The summed E-state index contributed by atoms with van der Waals surface area (Å²) in [5.74, 6) is -0.415. The van der Waals surface area contributed by atoms with Crippen LogP contribution in [0.25, 0.3) is 15.9 Å². The predicted molar refractivity (Wildman–Crippen MR) is 95.2 cm³/mol. The number of aryl methyl sites for hydroxylation is 1. The average Bonchev–Trinajstić information content (AvgIpc) is 3.03. The Bertz CT molecular complexity index is 1000. The molecule has 0 saturated heterocycles. The summed E-state index contributed by atoms with van der Waals surface area (Å²) in [6.45, 7) is 3.88. The number of thiazole rings is 1. The Labute approximate surface area is 147 Å². The molecular formula is C17H17ClFN3OS. The lowest BCUT2D eigenvalue weighted by Crippen LogP contribution is -2.15. The minimum absolute atomic E-state index is 0.00543. The fraction of sp³-hybridized carbons (Fsp3) is 0.412. The smallest absolute Gasteiger partial charge is 0.296 e. The van der Waals surface area contributed by atoms with Gasteiger partial charge < -0.3 is 0 Å². The molecule has 2 heterocycles. The molecule has 4 nitrogen and oxygen atoms in total. The van der Waals surface area contributed by atoms with Crippen LogP contribution in [0.15, 0.2) is 16.9 Å². The standard InChI is InChI=1S/C17H17ClFN3OS/c1-9(2)21-14-8-13(11(19)7-15(14)24-17(21)23)22-16(18)10-5-3-4-6-12(10)20-22/h7-9H,3-6H2,1-2H3. The van der Waals surface area contributed by atoms with Crippen molar-refractivity contribution in [1.82, 2.24) is 14.3 Å². The second-order valence-electron chi connectivity index (χ2n) is 6.44. The average molecular weight is 366 g/mol. The first-order valence-corrected chi connectivity index (χ1v) is 9.28. The zero-order valence-corrected chi connectivity index (χ0v) is 15.0. The van der Waals surface area contributed by atoms with Gasteiger partial charge in [-0.1, -0.05) is 22.9 Å². The largest absolute Gasteiger partial charge is 0.308 e. The predicted octanol–water partition coefficient (Wildman–Crippen LogP) is 4.50. The maximum absolute atomic E-state index is 14.7. The normalized spacial score (nSPS) is 14.5. The van der Waals surface area contributed by atoms with Crippen molar-refractivity contribution in [2.75, 3.05) is 0 Å². The molecule has 0 atom stereocenters. The molecule has 24 heavy (non-hydrogen) atoms. The van der Waals surface area contributed by atoms with Crippen LogP contribution in [0.3, 0.4) is 0 Å². The molecule has 0 spiro atoms. The van der Waals surface area contributed by atoms with Crippen molar-refractivity contribution in [2.45, 2.75) is 45.6 Å². The third-order valence-electron chi connectivity index (χ3n) is 4.52. The fourth-order valence-electron chi connectivity index (χ4n) is 3.37. The van der Waals surface area contributed by atoms with Crippen LogP contribution >= 0.6 is 22.9 Å². The Kier molecular flexibility index (Phi) is 3.77. The lowest BCUT2D eigenvalue weighted by molar-refractivity contribution is 0.602. The van der Waals surface area contributed by atoms with Gasteiger partial charge in [0, 0.05) is 11.6 Å². The van der Waals surface area contributed by atoms with E-state index < -0.39 is 5.82 Å². The van der Waals surface area contributed by atoms with Gasteiger partial charge in [0.1, 0.15) is 16.7 Å². The molecule has 0 aliphatic heterocycles. The van der Waals surface area contributed by atoms with Gasteiger partial charge in [-0.2, -0.15) is 5.10 Å². The molecule has 1 aliphatic rings. The molecular weight excluding hydrogens is 349 g/mol. The van der Waals surface area contributed by atoms with E-state index >= 15 is 0 Å². The highest BCUT2D eigenvalue weighted by molar-refractivity contribution is 7.16. The van der Waals surface area contributed by atoms with E-state index in [0.29, 0.717) is 15.5 Å². The van der Waals surface area contributed by atoms with Crippen molar-refractivity contribution in [1.29, 1.82) is 0 Å². The zero-order chi connectivity index (χ0) is 17.0. The van der Waals surface area contributed by atoms with Crippen LogP contribution in [0.4, 0.5) is 4.39 Å². The van der Waals surface area contributed by atoms with E-state index in [1.165, 1.54) is 10.7 Å². The van der Waals surface area contributed by atoms with Crippen LogP contribution in [-0.2, 0) is 12.8 Å². The van der Waals surface area contributed by atoms with E-state index in [2.05, 4.69) is 5.10 Å². The maximum atomic E-state index is 14.7.